The summed E-state index contributed by atoms with van der Waals surface area (Å²) in [6, 6.07) is 11.9. The van der Waals surface area contributed by atoms with Crippen molar-refractivity contribution in [3.8, 4) is 11.3 Å². The van der Waals surface area contributed by atoms with Gasteiger partial charge in [0, 0.05) is 34.6 Å². The lowest BCUT2D eigenvalue weighted by Crippen LogP contribution is -2.33. The maximum absolute atomic E-state index is 13.1. The first-order valence-corrected chi connectivity index (χ1v) is 10.9. The molecule has 0 saturated carbocycles. The molecule has 0 saturated heterocycles. The molecule has 2 heterocycles. The van der Waals surface area contributed by atoms with Gasteiger partial charge in [-0.2, -0.15) is 0 Å². The summed E-state index contributed by atoms with van der Waals surface area (Å²) in [7, 11) is 0. The minimum Gasteiger partial charge on any atom is -0.421 e. The van der Waals surface area contributed by atoms with Gasteiger partial charge in [-0.15, -0.1) is 0 Å². The summed E-state index contributed by atoms with van der Waals surface area (Å²) in [6.45, 7) is 0.243. The van der Waals surface area contributed by atoms with Crippen molar-refractivity contribution in [2.45, 2.75) is 6.54 Å². The van der Waals surface area contributed by atoms with Crippen LogP contribution in [0.1, 0.15) is 10.4 Å². The first-order valence-electron chi connectivity index (χ1n) is 9.35. The second kappa shape index (κ2) is 9.17. The van der Waals surface area contributed by atoms with Crippen molar-refractivity contribution in [1.29, 1.82) is 0 Å². The van der Waals surface area contributed by atoms with E-state index in [9.17, 15) is 18.8 Å². The summed E-state index contributed by atoms with van der Waals surface area (Å²) in [5.41, 5.74) is 0.147. The fourth-order valence-electron chi connectivity index (χ4n) is 3.07. The number of aromatic nitrogens is 2. The number of nitrogens with zero attached hydrogens (tertiary/aromatic N) is 2. The van der Waals surface area contributed by atoms with E-state index in [-0.39, 0.29) is 30.0 Å². The van der Waals surface area contributed by atoms with E-state index in [1.807, 2.05) is 0 Å². The zero-order valence-corrected chi connectivity index (χ0v) is 19.4. The molecule has 0 atom stereocenters. The molecule has 0 aliphatic heterocycles. The number of hydrogen-bond acceptors (Lipinski definition) is 5. The third kappa shape index (κ3) is 4.71. The molecule has 1 amide bonds. The highest BCUT2D eigenvalue weighted by atomic mass is 79.9. The van der Waals surface area contributed by atoms with Crippen LogP contribution in [0.3, 0.4) is 0 Å². The summed E-state index contributed by atoms with van der Waals surface area (Å²) >= 11 is 6.68. The Bertz CT molecular complexity index is 1450. The molecule has 0 spiro atoms. The summed E-state index contributed by atoms with van der Waals surface area (Å²) in [6.07, 6.45) is 1.35. The zero-order chi connectivity index (χ0) is 22.8. The standard InChI is InChI=1S/C22H14Br2FN3O4/c23-14-7-13-8-16(22(31)32-20(13)17(24)9-14)21(30)26-5-6-28-11-27-18(10-19(28)29)12-1-3-15(25)4-2-12/h1-4,7-11H,5-6H2,(H,26,30). The van der Waals surface area contributed by atoms with E-state index < -0.39 is 11.5 Å². The predicted molar refractivity (Wildman–Crippen MR) is 124 cm³/mol. The van der Waals surface area contributed by atoms with Gasteiger partial charge in [-0.3, -0.25) is 14.2 Å². The van der Waals surface area contributed by atoms with Gasteiger partial charge in [-0.1, -0.05) is 15.9 Å². The molecule has 2 aromatic carbocycles. The Morgan fingerprint density at radius 1 is 1.09 bits per heavy atom. The molecule has 10 heteroatoms. The Kier molecular flexibility index (Phi) is 6.33. The molecule has 0 radical (unpaired) electrons. The summed E-state index contributed by atoms with van der Waals surface area (Å²) in [5, 5.41) is 3.19. The Morgan fingerprint density at radius 3 is 2.56 bits per heavy atom. The minimum atomic E-state index is -0.763. The molecule has 1 N–H and O–H groups in total. The molecule has 0 unspecified atom stereocenters. The Balaban J connectivity index is 1.46. The maximum Gasteiger partial charge on any atom is 0.349 e. The highest BCUT2D eigenvalue weighted by Crippen LogP contribution is 2.28. The van der Waals surface area contributed by atoms with E-state index in [1.165, 1.54) is 47.3 Å². The van der Waals surface area contributed by atoms with Gasteiger partial charge < -0.3 is 9.73 Å². The molecule has 32 heavy (non-hydrogen) atoms. The predicted octanol–water partition coefficient (Wildman–Crippen LogP) is 4.11. The van der Waals surface area contributed by atoms with E-state index in [0.29, 0.717) is 26.7 Å². The summed E-state index contributed by atoms with van der Waals surface area (Å²) in [4.78, 5) is 41.3. The highest BCUT2D eigenvalue weighted by molar-refractivity contribution is 9.11. The molecule has 2 aromatic heterocycles. The average Bonchev–Trinajstić information content (AvgIpc) is 2.75. The van der Waals surface area contributed by atoms with E-state index in [0.717, 1.165) is 4.47 Å². The third-order valence-electron chi connectivity index (χ3n) is 4.65. The summed E-state index contributed by atoms with van der Waals surface area (Å²) < 4.78 is 21.0. The van der Waals surface area contributed by atoms with Crippen LogP contribution in [0.15, 0.2) is 77.8 Å². The van der Waals surface area contributed by atoms with Crippen LogP contribution < -0.4 is 16.5 Å². The number of benzene rings is 2. The number of carbonyl (C=O) groups is 1. The molecule has 162 valence electrons. The van der Waals surface area contributed by atoms with Gasteiger partial charge in [0.15, 0.2) is 5.58 Å². The Hall–Kier alpha value is -3.11. The van der Waals surface area contributed by atoms with Crippen LogP contribution in [-0.4, -0.2) is 22.0 Å². The zero-order valence-electron chi connectivity index (χ0n) is 16.3. The van der Waals surface area contributed by atoms with E-state index in [4.69, 9.17) is 4.42 Å². The number of nitrogens with one attached hydrogen (secondary N) is 1. The molecule has 0 aliphatic rings. The van der Waals surface area contributed by atoms with Crippen molar-refractivity contribution in [2.75, 3.05) is 6.54 Å². The molecule has 4 rings (SSSR count). The van der Waals surface area contributed by atoms with Crippen molar-refractivity contribution in [1.82, 2.24) is 14.9 Å². The van der Waals surface area contributed by atoms with Gasteiger partial charge in [0.1, 0.15) is 11.4 Å². The molecular formula is C22H14Br2FN3O4. The number of rotatable bonds is 5. The number of fused-ring (bicyclic) bond motifs is 1. The van der Waals surface area contributed by atoms with Crippen LogP contribution in [0, 0.1) is 5.82 Å². The van der Waals surface area contributed by atoms with Crippen LogP contribution in [0.25, 0.3) is 22.2 Å². The normalized spacial score (nSPS) is 11.0. The largest absolute Gasteiger partial charge is 0.421 e. The minimum absolute atomic E-state index is 0.0932. The molecular weight excluding hydrogens is 549 g/mol. The van der Waals surface area contributed by atoms with Crippen LogP contribution in [0.5, 0.6) is 0 Å². The quantitative estimate of drug-likeness (QED) is 0.369. The fraction of sp³-hybridized carbons (Fsp3) is 0.0909. The van der Waals surface area contributed by atoms with E-state index >= 15 is 0 Å². The highest BCUT2D eigenvalue weighted by Gasteiger charge is 2.15. The second-order valence-electron chi connectivity index (χ2n) is 6.82. The molecule has 0 fully saturated rings. The first-order chi connectivity index (χ1) is 15.3. The lowest BCUT2D eigenvalue weighted by Gasteiger charge is -2.09. The topological polar surface area (TPSA) is 94.2 Å². The lowest BCUT2D eigenvalue weighted by molar-refractivity contribution is 0.0948. The van der Waals surface area contributed by atoms with Gasteiger partial charge in [-0.05, 0) is 58.4 Å². The fourth-order valence-corrected chi connectivity index (χ4v) is 4.41. The van der Waals surface area contributed by atoms with Gasteiger partial charge in [0.2, 0.25) is 0 Å². The van der Waals surface area contributed by atoms with E-state index in [1.54, 1.807) is 12.1 Å². The SMILES string of the molecule is O=C(NCCn1cnc(-c2ccc(F)cc2)cc1=O)c1cc2cc(Br)cc(Br)c2oc1=O. The van der Waals surface area contributed by atoms with Gasteiger partial charge in [-0.25, -0.2) is 14.2 Å². The molecule has 7 nitrogen and oxygen atoms in total. The Morgan fingerprint density at radius 2 is 1.84 bits per heavy atom. The molecule has 4 aromatic rings. The summed E-state index contributed by atoms with van der Waals surface area (Å²) in [5.74, 6) is -0.987. The van der Waals surface area contributed by atoms with Crippen molar-refractivity contribution in [3.05, 3.63) is 96.0 Å². The Labute approximate surface area is 197 Å². The molecule has 0 aliphatic carbocycles. The monoisotopic (exact) mass is 561 g/mol. The van der Waals surface area contributed by atoms with Gasteiger partial charge in [0.25, 0.3) is 11.5 Å². The van der Waals surface area contributed by atoms with Gasteiger partial charge >= 0.3 is 5.63 Å². The third-order valence-corrected chi connectivity index (χ3v) is 5.70. The van der Waals surface area contributed by atoms with Crippen LogP contribution in [0.2, 0.25) is 0 Å². The van der Waals surface area contributed by atoms with Crippen molar-refractivity contribution >= 4 is 48.7 Å². The van der Waals surface area contributed by atoms with Gasteiger partial charge in [0.05, 0.1) is 16.5 Å². The van der Waals surface area contributed by atoms with Crippen LogP contribution >= 0.6 is 31.9 Å². The number of hydrogen-bond donors (Lipinski definition) is 1. The van der Waals surface area contributed by atoms with Crippen molar-refractivity contribution in [2.24, 2.45) is 0 Å². The average molecular weight is 563 g/mol. The van der Waals surface area contributed by atoms with Crippen LogP contribution in [0.4, 0.5) is 4.39 Å². The lowest BCUT2D eigenvalue weighted by atomic mass is 10.1. The van der Waals surface area contributed by atoms with Crippen molar-refractivity contribution < 1.29 is 13.6 Å². The number of halogens is 3. The van der Waals surface area contributed by atoms with Crippen LogP contribution in [-0.2, 0) is 6.54 Å². The number of carbonyl (C=O) groups excluding carboxylic acids is 1. The van der Waals surface area contributed by atoms with E-state index in [2.05, 4.69) is 42.2 Å². The molecule has 0 bridgehead atoms. The maximum atomic E-state index is 13.1. The second-order valence-corrected chi connectivity index (χ2v) is 8.59. The first kappa shape index (κ1) is 22.1. The number of amides is 1. The smallest absolute Gasteiger partial charge is 0.349 e. The van der Waals surface area contributed by atoms with Crippen molar-refractivity contribution in [3.63, 3.8) is 0 Å².